The number of hydrogen-bond acceptors (Lipinski definition) is 9. The Morgan fingerprint density at radius 1 is 0.907 bits per heavy atom. The van der Waals surface area contributed by atoms with Gasteiger partial charge in [0.15, 0.2) is 10.8 Å². The number of pyridine rings is 1. The molecule has 4 heterocycles. The molecule has 0 radical (unpaired) electrons. The molecule has 2 aromatic carbocycles. The van der Waals surface area contributed by atoms with Crippen LogP contribution in [0.25, 0.3) is 21.3 Å². The number of carbonyl (C=O) groups excluding carboxylic acids is 2. The maximum Gasteiger partial charge on any atom is 0.358 e. The van der Waals surface area contributed by atoms with Crippen LogP contribution in [0.15, 0.2) is 54.6 Å². The van der Waals surface area contributed by atoms with Gasteiger partial charge in [0.05, 0.1) is 15.9 Å². The van der Waals surface area contributed by atoms with Crippen molar-refractivity contribution in [1.29, 1.82) is 0 Å². The number of rotatable bonds is 15. The minimum Gasteiger partial charge on any atom is -0.481 e. The molecule has 6 rings (SSSR count). The number of aryl methyl sites for hydroxylation is 2. The van der Waals surface area contributed by atoms with Gasteiger partial charge in [-0.1, -0.05) is 67.7 Å². The number of hydrogen-bond donors (Lipinski definition) is 2. The molecule has 0 unspecified atom stereocenters. The van der Waals surface area contributed by atoms with Crippen molar-refractivity contribution >= 4 is 50.3 Å². The molecule has 0 atom stereocenters. The molecule has 1 aliphatic heterocycles. The van der Waals surface area contributed by atoms with Crippen molar-refractivity contribution < 1.29 is 24.2 Å². The van der Waals surface area contributed by atoms with Gasteiger partial charge in [-0.3, -0.25) is 19.6 Å². The van der Waals surface area contributed by atoms with Gasteiger partial charge in [0.2, 0.25) is 0 Å². The second kappa shape index (κ2) is 16.9. The van der Waals surface area contributed by atoms with E-state index in [0.29, 0.717) is 35.2 Å². The van der Waals surface area contributed by atoms with Gasteiger partial charge in [0, 0.05) is 48.4 Å². The van der Waals surface area contributed by atoms with Crippen molar-refractivity contribution in [3.63, 3.8) is 0 Å². The van der Waals surface area contributed by atoms with E-state index in [1.165, 1.54) is 11.3 Å². The van der Waals surface area contributed by atoms with Crippen LogP contribution in [0.2, 0.25) is 0 Å². The van der Waals surface area contributed by atoms with Crippen LogP contribution in [0.1, 0.15) is 115 Å². The first-order chi connectivity index (χ1) is 25.9. The highest BCUT2D eigenvalue weighted by molar-refractivity contribution is 7.22. The number of unbranched alkanes of at least 4 members (excludes halogenated alkanes) is 6. The third-order valence-electron chi connectivity index (χ3n) is 9.74. The molecular formula is C42H50N6O5S. The lowest BCUT2D eigenvalue weighted by Gasteiger charge is -2.31. The van der Waals surface area contributed by atoms with Crippen molar-refractivity contribution in [2.75, 3.05) is 16.8 Å². The number of aromatic nitrogens is 4. The fourth-order valence-corrected chi connectivity index (χ4v) is 7.98. The molecule has 0 saturated carbocycles. The Balaban J connectivity index is 1.20. The van der Waals surface area contributed by atoms with E-state index in [1.54, 1.807) is 0 Å². The first-order valence-electron chi connectivity index (χ1n) is 18.9. The van der Waals surface area contributed by atoms with E-state index in [4.69, 9.17) is 19.9 Å². The van der Waals surface area contributed by atoms with Gasteiger partial charge < -0.3 is 14.7 Å². The molecule has 0 spiro atoms. The summed E-state index contributed by atoms with van der Waals surface area (Å²) >= 11 is 1.45. The second-order valence-corrected chi connectivity index (χ2v) is 16.0. The number of anilines is 2. The molecule has 284 valence electrons. The Labute approximate surface area is 320 Å². The summed E-state index contributed by atoms with van der Waals surface area (Å²) in [5.41, 5.74) is 6.36. The normalized spacial score (nSPS) is 12.9. The molecule has 3 aromatic heterocycles. The average molecular weight is 751 g/mol. The van der Waals surface area contributed by atoms with Crippen molar-refractivity contribution in [1.82, 2.24) is 19.7 Å². The molecular weight excluding hydrogens is 701 g/mol. The third kappa shape index (κ3) is 9.33. The van der Waals surface area contributed by atoms with E-state index in [2.05, 4.69) is 21.3 Å². The highest BCUT2D eigenvalue weighted by atomic mass is 32.1. The number of ether oxygens (including phenoxy) is 1. The van der Waals surface area contributed by atoms with Crippen LogP contribution >= 0.6 is 11.3 Å². The summed E-state index contributed by atoms with van der Waals surface area (Å²) in [5.74, 6) is -0.794. The number of carboxylic acid groups (broad SMARTS) is 1. The van der Waals surface area contributed by atoms with E-state index < -0.39 is 17.5 Å². The molecule has 0 saturated heterocycles. The van der Waals surface area contributed by atoms with Crippen LogP contribution in [0, 0.1) is 13.8 Å². The Bertz CT molecular complexity index is 2120. The van der Waals surface area contributed by atoms with Crippen molar-refractivity contribution in [2.24, 2.45) is 0 Å². The lowest BCUT2D eigenvalue weighted by molar-refractivity contribution is -0.137. The predicted molar refractivity (Wildman–Crippen MR) is 213 cm³/mol. The van der Waals surface area contributed by atoms with Gasteiger partial charge >= 0.3 is 11.9 Å². The van der Waals surface area contributed by atoms with E-state index >= 15 is 0 Å². The molecule has 11 nitrogen and oxygen atoms in total. The standard InChI is InChI=1S/C42H50N6O5S/c1-27-37(28(2)48(46-27)24-14-10-8-6-7-9-11-20-36(49)50)31-21-22-35(44-38(31)40(52)53-42(3,4)5)47-25-23-29-16-15-17-30(32(29)26-47)39(51)45-41-43-33-18-12-13-19-34(33)54-41/h12-13,15-19,21-22H,6-11,14,20,23-26H2,1-5H3,(H,49,50)(H,43,45,51). The Morgan fingerprint density at radius 3 is 2.39 bits per heavy atom. The van der Waals surface area contributed by atoms with Gasteiger partial charge in [-0.05, 0) is 95.3 Å². The van der Waals surface area contributed by atoms with E-state index in [-0.39, 0.29) is 18.0 Å². The predicted octanol–water partition coefficient (Wildman–Crippen LogP) is 9.15. The average Bonchev–Trinajstić information content (AvgIpc) is 3.67. The first-order valence-corrected chi connectivity index (χ1v) is 19.7. The van der Waals surface area contributed by atoms with E-state index in [1.807, 2.05) is 87.8 Å². The number of fused-ring (bicyclic) bond motifs is 2. The zero-order chi connectivity index (χ0) is 38.4. The minimum absolute atomic E-state index is 0.207. The number of nitrogens with one attached hydrogen (secondary N) is 1. The topological polar surface area (TPSA) is 140 Å². The minimum atomic E-state index is -0.726. The molecule has 5 aromatic rings. The molecule has 1 amide bonds. The van der Waals surface area contributed by atoms with Crippen molar-refractivity contribution in [3.8, 4) is 11.1 Å². The van der Waals surface area contributed by atoms with Crippen LogP contribution in [0.3, 0.4) is 0 Å². The summed E-state index contributed by atoms with van der Waals surface area (Å²) in [6.07, 6.45) is 7.95. The van der Waals surface area contributed by atoms with Crippen molar-refractivity contribution in [2.45, 2.75) is 111 Å². The largest absolute Gasteiger partial charge is 0.481 e. The number of nitrogens with zero attached hydrogens (tertiary/aromatic N) is 5. The molecule has 12 heteroatoms. The SMILES string of the molecule is Cc1nn(CCCCCCCCCC(=O)O)c(C)c1-c1ccc(N2CCc3cccc(C(=O)Nc4nc5ccccc5s4)c3C2)nc1C(=O)OC(C)(C)C. The second-order valence-electron chi connectivity index (χ2n) is 15.0. The Hall–Kier alpha value is -5.10. The smallest absolute Gasteiger partial charge is 0.358 e. The highest BCUT2D eigenvalue weighted by Crippen LogP contribution is 2.34. The maximum atomic E-state index is 13.9. The summed E-state index contributed by atoms with van der Waals surface area (Å²) in [6.45, 7) is 11.4. The molecule has 0 fully saturated rings. The van der Waals surface area contributed by atoms with Crippen LogP contribution in [-0.2, 0) is 29.0 Å². The monoisotopic (exact) mass is 750 g/mol. The summed E-state index contributed by atoms with van der Waals surface area (Å²) in [4.78, 5) is 49.9. The highest BCUT2D eigenvalue weighted by Gasteiger charge is 2.29. The molecule has 54 heavy (non-hydrogen) atoms. The number of benzene rings is 2. The summed E-state index contributed by atoms with van der Waals surface area (Å²) in [6, 6.07) is 17.6. The molecule has 1 aliphatic rings. The molecule has 2 N–H and O–H groups in total. The summed E-state index contributed by atoms with van der Waals surface area (Å²) in [7, 11) is 0. The number of carboxylic acids is 1. The fourth-order valence-electron chi connectivity index (χ4n) is 7.11. The Morgan fingerprint density at radius 2 is 1.65 bits per heavy atom. The molecule has 0 bridgehead atoms. The summed E-state index contributed by atoms with van der Waals surface area (Å²) in [5, 5.41) is 17.3. The zero-order valence-electron chi connectivity index (χ0n) is 31.9. The van der Waals surface area contributed by atoms with E-state index in [9.17, 15) is 14.4 Å². The number of carbonyl (C=O) groups is 3. The van der Waals surface area contributed by atoms with Gasteiger partial charge in [-0.2, -0.15) is 5.10 Å². The quantitative estimate of drug-likeness (QED) is 0.0792. The van der Waals surface area contributed by atoms with Gasteiger partial charge in [0.1, 0.15) is 11.4 Å². The lowest BCUT2D eigenvalue weighted by Crippen LogP contribution is -2.33. The van der Waals surface area contributed by atoms with Crippen LogP contribution in [0.5, 0.6) is 0 Å². The van der Waals surface area contributed by atoms with Crippen LogP contribution in [0.4, 0.5) is 10.9 Å². The fraction of sp³-hybridized carbons (Fsp3) is 0.429. The summed E-state index contributed by atoms with van der Waals surface area (Å²) < 4.78 is 8.94. The number of para-hydroxylation sites is 1. The number of esters is 1. The van der Waals surface area contributed by atoms with Crippen molar-refractivity contribution in [3.05, 3.63) is 88.4 Å². The number of thiazole rings is 1. The molecule has 0 aliphatic carbocycles. The van der Waals surface area contributed by atoms with Gasteiger partial charge in [-0.25, -0.2) is 14.8 Å². The maximum absolute atomic E-state index is 13.9. The van der Waals surface area contributed by atoms with Gasteiger partial charge in [-0.15, -0.1) is 0 Å². The van der Waals surface area contributed by atoms with Crippen LogP contribution in [-0.4, -0.2) is 54.8 Å². The Kier molecular flexibility index (Phi) is 12.1. The number of amides is 1. The van der Waals surface area contributed by atoms with Gasteiger partial charge in [0.25, 0.3) is 5.91 Å². The van der Waals surface area contributed by atoms with Crippen LogP contribution < -0.4 is 10.2 Å². The zero-order valence-corrected chi connectivity index (χ0v) is 32.7. The number of aliphatic carboxylic acids is 1. The third-order valence-corrected chi connectivity index (χ3v) is 10.7. The van der Waals surface area contributed by atoms with E-state index in [0.717, 1.165) is 96.2 Å². The first kappa shape index (κ1) is 38.6. The lowest BCUT2D eigenvalue weighted by atomic mass is 9.94.